The fraction of sp³-hybridized carbons (Fsp3) is 0.211. The number of amides is 1. The zero-order valence-corrected chi connectivity index (χ0v) is 15.0. The zero-order valence-electron chi connectivity index (χ0n) is 14.2. The molecule has 1 amide bonds. The molecule has 1 heterocycles. The van der Waals surface area contributed by atoms with Gasteiger partial charge in [-0.25, -0.2) is 0 Å². The van der Waals surface area contributed by atoms with Gasteiger partial charge in [0.05, 0.1) is 13.7 Å². The zero-order chi connectivity index (χ0) is 18.4. The summed E-state index contributed by atoms with van der Waals surface area (Å²) in [4.78, 5) is 16.3. The quantitative estimate of drug-likeness (QED) is 0.686. The summed E-state index contributed by atoms with van der Waals surface area (Å²) in [6.07, 6.45) is 1.03. The lowest BCUT2D eigenvalue weighted by Gasteiger charge is -2.04. The number of carbonyl (C=O) groups is 1. The van der Waals surface area contributed by atoms with Gasteiger partial charge in [-0.1, -0.05) is 28.9 Å². The molecule has 0 aliphatic heterocycles. The van der Waals surface area contributed by atoms with Crippen LogP contribution in [0.4, 0.5) is 0 Å². The van der Waals surface area contributed by atoms with Crippen molar-refractivity contribution in [3.05, 3.63) is 65.0 Å². The first-order chi connectivity index (χ1) is 12.6. The van der Waals surface area contributed by atoms with Crippen LogP contribution in [0.5, 0.6) is 5.75 Å². The Bertz CT molecular complexity index is 860. The van der Waals surface area contributed by atoms with E-state index in [4.69, 9.17) is 20.9 Å². The molecule has 0 radical (unpaired) electrons. The maximum atomic E-state index is 12.0. The molecular formula is C19H18ClN3O3. The summed E-state index contributed by atoms with van der Waals surface area (Å²) in [5, 5.41) is 7.34. The van der Waals surface area contributed by atoms with Crippen molar-refractivity contribution < 1.29 is 14.1 Å². The lowest BCUT2D eigenvalue weighted by Crippen LogP contribution is -2.23. The van der Waals surface area contributed by atoms with Crippen LogP contribution >= 0.6 is 11.6 Å². The van der Waals surface area contributed by atoms with Gasteiger partial charge in [0.15, 0.2) is 0 Å². The Labute approximate surface area is 156 Å². The highest BCUT2D eigenvalue weighted by atomic mass is 35.5. The van der Waals surface area contributed by atoms with Crippen LogP contribution in [0.1, 0.15) is 17.9 Å². The van der Waals surface area contributed by atoms with E-state index in [1.54, 1.807) is 19.2 Å². The first-order valence-corrected chi connectivity index (χ1v) is 8.50. The molecule has 0 bridgehead atoms. The molecule has 0 spiro atoms. The van der Waals surface area contributed by atoms with Crippen LogP contribution in [0.25, 0.3) is 11.4 Å². The number of benzene rings is 2. The molecule has 134 valence electrons. The molecule has 0 fully saturated rings. The van der Waals surface area contributed by atoms with Crippen molar-refractivity contribution in [3.8, 4) is 17.1 Å². The van der Waals surface area contributed by atoms with Gasteiger partial charge >= 0.3 is 0 Å². The number of hydrogen-bond donors (Lipinski definition) is 1. The van der Waals surface area contributed by atoms with Crippen molar-refractivity contribution in [1.82, 2.24) is 15.5 Å². The molecule has 0 unspecified atom stereocenters. The van der Waals surface area contributed by atoms with Gasteiger partial charge in [0, 0.05) is 17.0 Å². The molecule has 26 heavy (non-hydrogen) atoms. The minimum absolute atomic E-state index is 0.0768. The van der Waals surface area contributed by atoms with Crippen molar-refractivity contribution in [2.24, 2.45) is 0 Å². The van der Waals surface area contributed by atoms with Gasteiger partial charge < -0.3 is 14.6 Å². The Balaban J connectivity index is 1.47. The minimum Gasteiger partial charge on any atom is -0.497 e. The summed E-state index contributed by atoms with van der Waals surface area (Å²) in [6.45, 7) is 0.196. The van der Waals surface area contributed by atoms with E-state index in [1.165, 1.54) is 0 Å². The average Bonchev–Trinajstić information content (AvgIpc) is 3.14. The number of ether oxygens (including phenoxy) is 1. The predicted molar refractivity (Wildman–Crippen MR) is 97.9 cm³/mol. The molecule has 0 atom stereocenters. The molecule has 0 aliphatic rings. The van der Waals surface area contributed by atoms with E-state index in [0.717, 1.165) is 16.9 Å². The second kappa shape index (κ2) is 8.49. The molecule has 6 nitrogen and oxygen atoms in total. The van der Waals surface area contributed by atoms with Crippen LogP contribution in [0.15, 0.2) is 53.1 Å². The SMILES string of the molecule is COc1ccc(CCC(=O)NCc2nc(-c3ccc(Cl)cc3)no2)cc1. The number of nitrogens with zero attached hydrogens (tertiary/aromatic N) is 2. The summed E-state index contributed by atoms with van der Waals surface area (Å²) in [7, 11) is 1.62. The number of carbonyl (C=O) groups excluding carboxylic acids is 1. The lowest BCUT2D eigenvalue weighted by atomic mass is 10.1. The van der Waals surface area contributed by atoms with Crippen molar-refractivity contribution >= 4 is 17.5 Å². The highest BCUT2D eigenvalue weighted by Crippen LogP contribution is 2.18. The smallest absolute Gasteiger partial charge is 0.246 e. The first kappa shape index (κ1) is 17.9. The van der Waals surface area contributed by atoms with Crippen LogP contribution in [-0.4, -0.2) is 23.2 Å². The monoisotopic (exact) mass is 371 g/mol. The third-order valence-electron chi connectivity index (χ3n) is 3.81. The van der Waals surface area contributed by atoms with Crippen LogP contribution < -0.4 is 10.1 Å². The molecule has 3 aromatic rings. The van der Waals surface area contributed by atoms with E-state index in [2.05, 4.69) is 15.5 Å². The maximum absolute atomic E-state index is 12.0. The van der Waals surface area contributed by atoms with E-state index in [1.807, 2.05) is 36.4 Å². The molecule has 3 rings (SSSR count). The van der Waals surface area contributed by atoms with Crippen molar-refractivity contribution in [2.45, 2.75) is 19.4 Å². The summed E-state index contributed by atoms with van der Waals surface area (Å²) >= 11 is 5.86. The van der Waals surface area contributed by atoms with Gasteiger partial charge in [0.25, 0.3) is 0 Å². The van der Waals surface area contributed by atoms with Crippen LogP contribution in [0, 0.1) is 0 Å². The fourth-order valence-corrected chi connectivity index (χ4v) is 2.48. The number of hydrogen-bond acceptors (Lipinski definition) is 5. The third-order valence-corrected chi connectivity index (χ3v) is 4.06. The summed E-state index contributed by atoms with van der Waals surface area (Å²) in [5.41, 5.74) is 1.87. The maximum Gasteiger partial charge on any atom is 0.246 e. The van der Waals surface area contributed by atoms with E-state index in [9.17, 15) is 4.79 Å². The Kier molecular flexibility index (Phi) is 5.86. The second-order valence-corrected chi connectivity index (χ2v) is 6.08. The predicted octanol–water partition coefficient (Wildman–Crippen LogP) is 3.65. The molecular weight excluding hydrogens is 354 g/mol. The van der Waals surface area contributed by atoms with Crippen molar-refractivity contribution in [1.29, 1.82) is 0 Å². The third kappa shape index (κ3) is 4.83. The highest BCUT2D eigenvalue weighted by Gasteiger charge is 2.10. The second-order valence-electron chi connectivity index (χ2n) is 5.64. The Morgan fingerprint density at radius 3 is 2.58 bits per heavy atom. The number of aromatic nitrogens is 2. The molecule has 1 N–H and O–H groups in total. The molecule has 0 aliphatic carbocycles. The lowest BCUT2D eigenvalue weighted by molar-refractivity contribution is -0.121. The molecule has 2 aromatic carbocycles. The largest absolute Gasteiger partial charge is 0.497 e. The Morgan fingerprint density at radius 1 is 1.15 bits per heavy atom. The van der Waals surface area contributed by atoms with Crippen LogP contribution in [-0.2, 0) is 17.8 Å². The van der Waals surface area contributed by atoms with Gasteiger partial charge in [-0.2, -0.15) is 4.98 Å². The molecule has 1 aromatic heterocycles. The summed E-state index contributed by atoms with van der Waals surface area (Å²) in [5.74, 6) is 1.54. The standard InChI is InChI=1S/C19H18ClN3O3/c1-25-16-9-2-13(3-10-16)4-11-17(24)21-12-18-22-19(23-26-18)14-5-7-15(20)8-6-14/h2-3,5-10H,4,11-12H2,1H3,(H,21,24). The van der Waals surface area contributed by atoms with Crippen LogP contribution in [0.2, 0.25) is 5.02 Å². The number of rotatable bonds is 7. The normalized spacial score (nSPS) is 10.5. The van der Waals surface area contributed by atoms with Gasteiger partial charge in [-0.3, -0.25) is 4.79 Å². The van der Waals surface area contributed by atoms with Crippen molar-refractivity contribution in [2.75, 3.05) is 7.11 Å². The summed E-state index contributed by atoms with van der Waals surface area (Å²) < 4.78 is 10.3. The van der Waals surface area contributed by atoms with Gasteiger partial charge in [0.1, 0.15) is 5.75 Å². The Hall–Kier alpha value is -2.86. The number of methoxy groups -OCH3 is 1. The van der Waals surface area contributed by atoms with E-state index in [-0.39, 0.29) is 12.5 Å². The van der Waals surface area contributed by atoms with E-state index >= 15 is 0 Å². The molecule has 0 saturated carbocycles. The van der Waals surface area contributed by atoms with E-state index < -0.39 is 0 Å². The topological polar surface area (TPSA) is 77.2 Å². The fourth-order valence-electron chi connectivity index (χ4n) is 2.36. The van der Waals surface area contributed by atoms with Gasteiger partial charge in [0.2, 0.25) is 17.6 Å². The first-order valence-electron chi connectivity index (χ1n) is 8.12. The average molecular weight is 372 g/mol. The highest BCUT2D eigenvalue weighted by molar-refractivity contribution is 6.30. The Morgan fingerprint density at radius 2 is 1.88 bits per heavy atom. The number of aryl methyl sites for hydroxylation is 1. The number of nitrogens with one attached hydrogen (secondary N) is 1. The number of halogens is 1. The van der Waals surface area contributed by atoms with Gasteiger partial charge in [-0.05, 0) is 48.4 Å². The molecule has 7 heteroatoms. The minimum atomic E-state index is -0.0768. The summed E-state index contributed by atoms with van der Waals surface area (Å²) in [6, 6.07) is 14.8. The van der Waals surface area contributed by atoms with Crippen LogP contribution in [0.3, 0.4) is 0 Å². The van der Waals surface area contributed by atoms with Crippen molar-refractivity contribution in [3.63, 3.8) is 0 Å². The molecule has 0 saturated heterocycles. The van der Waals surface area contributed by atoms with E-state index in [0.29, 0.717) is 29.6 Å². The van der Waals surface area contributed by atoms with Gasteiger partial charge in [-0.15, -0.1) is 0 Å².